The first kappa shape index (κ1) is 9.70. The summed E-state index contributed by atoms with van der Waals surface area (Å²) in [6.07, 6.45) is 0. The molecule has 0 spiro atoms. The van der Waals surface area contributed by atoms with Gasteiger partial charge >= 0.3 is 0 Å². The van der Waals surface area contributed by atoms with E-state index in [1.165, 1.54) is 5.57 Å². The molecule has 0 aromatic heterocycles. The van der Waals surface area contributed by atoms with Crippen LogP contribution in [0, 0.1) is 5.92 Å². The molecular formula is C9H19N. The molecule has 1 atom stereocenters. The minimum atomic E-state index is 0.528. The Hall–Kier alpha value is -0.300. The zero-order chi connectivity index (χ0) is 8.31. The molecule has 0 saturated carbocycles. The molecule has 0 amide bonds. The first-order valence-corrected chi connectivity index (χ1v) is 3.78. The van der Waals surface area contributed by atoms with E-state index in [0.717, 1.165) is 0 Å². The molecule has 0 radical (unpaired) electrons. The lowest BCUT2D eigenvalue weighted by Gasteiger charge is -2.28. The van der Waals surface area contributed by atoms with Crippen LogP contribution in [0.4, 0.5) is 0 Å². The van der Waals surface area contributed by atoms with Gasteiger partial charge in [-0.3, -0.25) is 0 Å². The molecule has 0 saturated heterocycles. The minimum absolute atomic E-state index is 0.528. The number of likely N-dealkylation sites (N-methyl/N-ethyl adjacent to an activating group) is 1. The van der Waals surface area contributed by atoms with Gasteiger partial charge in [-0.25, -0.2) is 0 Å². The molecule has 0 heterocycles. The Bertz CT molecular complexity index is 106. The summed E-state index contributed by atoms with van der Waals surface area (Å²) in [6, 6.07) is 0.528. The van der Waals surface area contributed by atoms with Gasteiger partial charge in [-0.05, 0) is 26.9 Å². The summed E-state index contributed by atoms with van der Waals surface area (Å²) < 4.78 is 0. The van der Waals surface area contributed by atoms with Gasteiger partial charge in [0.2, 0.25) is 0 Å². The van der Waals surface area contributed by atoms with Crippen molar-refractivity contribution in [2.45, 2.75) is 26.8 Å². The standard InChI is InChI=1S/C9H19N/c1-7(2)9(8(3)4)10(5)6/h8-9H,1H2,2-6H3. The van der Waals surface area contributed by atoms with Gasteiger partial charge < -0.3 is 4.90 Å². The van der Waals surface area contributed by atoms with Crippen LogP contribution in [0.1, 0.15) is 20.8 Å². The Morgan fingerprint density at radius 1 is 1.30 bits per heavy atom. The van der Waals surface area contributed by atoms with Crippen molar-refractivity contribution in [2.75, 3.05) is 14.1 Å². The molecule has 0 bridgehead atoms. The Morgan fingerprint density at radius 3 is 1.70 bits per heavy atom. The van der Waals surface area contributed by atoms with E-state index < -0.39 is 0 Å². The second-order valence-electron chi connectivity index (χ2n) is 3.50. The third-order valence-corrected chi connectivity index (χ3v) is 1.69. The van der Waals surface area contributed by atoms with Gasteiger partial charge in [-0.2, -0.15) is 0 Å². The largest absolute Gasteiger partial charge is 0.302 e. The average molecular weight is 141 g/mol. The monoisotopic (exact) mass is 141 g/mol. The Labute approximate surface area is 64.7 Å². The van der Waals surface area contributed by atoms with Gasteiger partial charge in [0.1, 0.15) is 0 Å². The lowest BCUT2D eigenvalue weighted by atomic mass is 9.97. The van der Waals surface area contributed by atoms with E-state index in [1.807, 2.05) is 0 Å². The highest BCUT2D eigenvalue weighted by Crippen LogP contribution is 2.14. The number of hydrogen-bond acceptors (Lipinski definition) is 1. The van der Waals surface area contributed by atoms with Crippen molar-refractivity contribution >= 4 is 0 Å². The molecule has 0 rings (SSSR count). The second kappa shape index (κ2) is 3.77. The van der Waals surface area contributed by atoms with Gasteiger partial charge in [0.15, 0.2) is 0 Å². The fourth-order valence-electron chi connectivity index (χ4n) is 1.61. The summed E-state index contributed by atoms with van der Waals surface area (Å²) >= 11 is 0. The first-order valence-electron chi connectivity index (χ1n) is 3.78. The predicted molar refractivity (Wildman–Crippen MR) is 47.1 cm³/mol. The van der Waals surface area contributed by atoms with Crippen molar-refractivity contribution in [3.63, 3.8) is 0 Å². The maximum Gasteiger partial charge on any atom is 0.0319 e. The maximum absolute atomic E-state index is 3.96. The normalized spacial score (nSPS) is 14.3. The van der Waals surface area contributed by atoms with E-state index in [0.29, 0.717) is 12.0 Å². The van der Waals surface area contributed by atoms with E-state index in [4.69, 9.17) is 0 Å². The van der Waals surface area contributed by atoms with Crippen LogP contribution in [0.15, 0.2) is 12.2 Å². The fourth-order valence-corrected chi connectivity index (χ4v) is 1.61. The van der Waals surface area contributed by atoms with Gasteiger partial charge in [-0.1, -0.05) is 26.0 Å². The summed E-state index contributed by atoms with van der Waals surface area (Å²) in [4.78, 5) is 2.22. The Morgan fingerprint density at radius 2 is 1.70 bits per heavy atom. The summed E-state index contributed by atoms with van der Waals surface area (Å²) in [7, 11) is 4.19. The lowest BCUT2D eigenvalue weighted by Crippen LogP contribution is -2.33. The molecule has 1 nitrogen and oxygen atoms in total. The van der Waals surface area contributed by atoms with Gasteiger partial charge in [0.25, 0.3) is 0 Å². The Kier molecular flexibility index (Phi) is 3.66. The molecule has 0 aliphatic rings. The highest BCUT2D eigenvalue weighted by molar-refractivity contribution is 5.02. The summed E-state index contributed by atoms with van der Waals surface area (Å²) in [5, 5.41) is 0. The highest BCUT2D eigenvalue weighted by Gasteiger charge is 2.15. The van der Waals surface area contributed by atoms with E-state index in [1.54, 1.807) is 0 Å². The number of rotatable bonds is 3. The molecular weight excluding hydrogens is 122 g/mol. The quantitative estimate of drug-likeness (QED) is 0.544. The average Bonchev–Trinajstić information content (AvgIpc) is 1.59. The van der Waals surface area contributed by atoms with Crippen LogP contribution in [-0.4, -0.2) is 25.0 Å². The topological polar surface area (TPSA) is 3.24 Å². The van der Waals surface area contributed by atoms with E-state index in [-0.39, 0.29) is 0 Å². The van der Waals surface area contributed by atoms with Crippen LogP contribution in [0.3, 0.4) is 0 Å². The third kappa shape index (κ3) is 2.53. The van der Waals surface area contributed by atoms with Crippen molar-refractivity contribution in [1.29, 1.82) is 0 Å². The Balaban J connectivity index is 4.12. The molecule has 0 aliphatic carbocycles. The summed E-state index contributed by atoms with van der Waals surface area (Å²) in [5.74, 6) is 0.660. The second-order valence-corrected chi connectivity index (χ2v) is 3.50. The zero-order valence-corrected chi connectivity index (χ0v) is 7.81. The summed E-state index contributed by atoms with van der Waals surface area (Å²) in [5.41, 5.74) is 1.25. The molecule has 1 heteroatoms. The smallest absolute Gasteiger partial charge is 0.0319 e. The molecule has 0 aliphatic heterocycles. The molecule has 0 N–H and O–H groups in total. The molecule has 0 aromatic carbocycles. The molecule has 0 fully saturated rings. The lowest BCUT2D eigenvalue weighted by molar-refractivity contribution is 0.267. The van der Waals surface area contributed by atoms with Crippen LogP contribution < -0.4 is 0 Å². The molecule has 0 aromatic rings. The van der Waals surface area contributed by atoms with Gasteiger partial charge in [-0.15, -0.1) is 0 Å². The number of nitrogens with zero attached hydrogens (tertiary/aromatic N) is 1. The van der Waals surface area contributed by atoms with Crippen molar-refractivity contribution in [1.82, 2.24) is 4.90 Å². The third-order valence-electron chi connectivity index (χ3n) is 1.69. The predicted octanol–water partition coefficient (Wildman–Crippen LogP) is 2.15. The number of hydrogen-bond donors (Lipinski definition) is 0. The van der Waals surface area contributed by atoms with Crippen LogP contribution >= 0.6 is 0 Å². The van der Waals surface area contributed by atoms with E-state index >= 15 is 0 Å². The fraction of sp³-hybridized carbons (Fsp3) is 0.778. The highest BCUT2D eigenvalue weighted by atomic mass is 15.1. The molecule has 60 valence electrons. The van der Waals surface area contributed by atoms with Crippen LogP contribution in [0.5, 0.6) is 0 Å². The summed E-state index contributed by atoms with van der Waals surface area (Å²) in [6.45, 7) is 10.5. The zero-order valence-electron chi connectivity index (χ0n) is 7.81. The minimum Gasteiger partial charge on any atom is -0.302 e. The van der Waals surface area contributed by atoms with Gasteiger partial charge in [0.05, 0.1) is 0 Å². The van der Waals surface area contributed by atoms with Crippen molar-refractivity contribution in [2.24, 2.45) is 5.92 Å². The van der Waals surface area contributed by atoms with Crippen LogP contribution in [0.25, 0.3) is 0 Å². The van der Waals surface area contributed by atoms with E-state index in [2.05, 4.69) is 46.3 Å². The van der Waals surface area contributed by atoms with Gasteiger partial charge in [0, 0.05) is 6.04 Å². The van der Waals surface area contributed by atoms with Crippen LogP contribution in [-0.2, 0) is 0 Å². The maximum atomic E-state index is 3.96. The van der Waals surface area contributed by atoms with Crippen molar-refractivity contribution < 1.29 is 0 Å². The first-order chi connectivity index (χ1) is 4.46. The molecule has 1 unspecified atom stereocenters. The van der Waals surface area contributed by atoms with E-state index in [9.17, 15) is 0 Å². The molecule has 10 heavy (non-hydrogen) atoms. The van der Waals surface area contributed by atoms with Crippen LogP contribution in [0.2, 0.25) is 0 Å². The SMILES string of the molecule is C=C(C)C(C(C)C)N(C)C. The van der Waals surface area contributed by atoms with Crippen molar-refractivity contribution in [3.8, 4) is 0 Å². The van der Waals surface area contributed by atoms with Crippen molar-refractivity contribution in [3.05, 3.63) is 12.2 Å².